The summed E-state index contributed by atoms with van der Waals surface area (Å²) in [5.74, 6) is 1.62. The van der Waals surface area contributed by atoms with Crippen LogP contribution >= 0.6 is 0 Å². The molecule has 144 valence electrons. The zero-order valence-electron chi connectivity index (χ0n) is 15.8. The summed E-state index contributed by atoms with van der Waals surface area (Å²) >= 11 is 0. The Balaban J connectivity index is 1.44. The van der Waals surface area contributed by atoms with Gasteiger partial charge in [-0.3, -0.25) is 14.8 Å². The van der Waals surface area contributed by atoms with E-state index in [0.29, 0.717) is 12.6 Å². The monoisotopic (exact) mass is 367 g/mol. The number of aliphatic hydroxyl groups excluding tert-OH is 1. The van der Waals surface area contributed by atoms with Crippen LogP contribution in [0.4, 0.5) is 0 Å². The molecule has 3 aliphatic rings. The molecule has 5 rings (SSSR count). The maximum Gasteiger partial charge on any atom is 0.123 e. The van der Waals surface area contributed by atoms with E-state index in [1.165, 1.54) is 18.4 Å². The number of hydrogen-bond donors (Lipinski definition) is 1. The highest BCUT2D eigenvalue weighted by atomic mass is 16.5. The number of aliphatic hydroxyl groups is 1. The van der Waals surface area contributed by atoms with Crippen molar-refractivity contribution in [2.75, 3.05) is 32.8 Å². The molecule has 1 aromatic carbocycles. The Hall–Kier alpha value is -1.95. The third-order valence-electron chi connectivity index (χ3n) is 5.71. The molecule has 0 unspecified atom stereocenters. The number of hydrogen-bond acceptors (Lipinski definition) is 5. The highest BCUT2D eigenvalue weighted by Gasteiger charge is 2.35. The molecule has 2 atom stereocenters. The highest BCUT2D eigenvalue weighted by molar-refractivity contribution is 5.33. The second-order valence-electron chi connectivity index (χ2n) is 7.72. The largest absolute Gasteiger partial charge is 0.491 e. The van der Waals surface area contributed by atoms with E-state index in [1.807, 2.05) is 24.4 Å². The Kier molecular flexibility index (Phi) is 6.02. The van der Waals surface area contributed by atoms with Gasteiger partial charge in [-0.25, -0.2) is 0 Å². The van der Waals surface area contributed by atoms with E-state index in [4.69, 9.17) is 9.84 Å². The number of fused-ring (bicyclic) bond motifs is 4. The van der Waals surface area contributed by atoms with Crippen LogP contribution in [0.25, 0.3) is 0 Å². The fourth-order valence-corrected chi connectivity index (χ4v) is 4.47. The molecular formula is C22H29N3O2. The van der Waals surface area contributed by atoms with E-state index in [9.17, 15) is 0 Å². The normalized spacial score (nSPS) is 23.3. The van der Waals surface area contributed by atoms with Gasteiger partial charge in [-0.1, -0.05) is 24.3 Å². The first-order valence-corrected chi connectivity index (χ1v) is 9.99. The molecular weight excluding hydrogens is 338 g/mol. The lowest BCUT2D eigenvalue weighted by molar-refractivity contribution is 0.120. The van der Waals surface area contributed by atoms with Gasteiger partial charge in [0.25, 0.3) is 0 Å². The number of ether oxygens (including phenoxy) is 1. The molecule has 0 spiro atoms. The van der Waals surface area contributed by atoms with E-state index < -0.39 is 0 Å². The first-order valence-electron chi connectivity index (χ1n) is 9.99. The molecule has 2 aromatic rings. The lowest BCUT2D eigenvalue weighted by Crippen LogP contribution is -2.43. The maximum atomic E-state index is 9.07. The molecule has 4 heterocycles. The summed E-state index contributed by atoms with van der Waals surface area (Å²) in [7, 11) is 0. The highest BCUT2D eigenvalue weighted by Crippen LogP contribution is 2.31. The number of benzene rings is 1. The molecule has 0 radical (unpaired) electrons. The van der Waals surface area contributed by atoms with Crippen LogP contribution in [0, 0.1) is 5.92 Å². The molecule has 5 heteroatoms. The zero-order valence-corrected chi connectivity index (χ0v) is 15.8. The van der Waals surface area contributed by atoms with E-state index in [1.54, 1.807) is 0 Å². The molecule has 0 saturated carbocycles. The molecule has 5 nitrogen and oxygen atoms in total. The number of pyridine rings is 1. The topological polar surface area (TPSA) is 48.8 Å². The summed E-state index contributed by atoms with van der Waals surface area (Å²) in [6.45, 7) is 5.67. The van der Waals surface area contributed by atoms with Gasteiger partial charge in [0.05, 0.1) is 12.3 Å². The van der Waals surface area contributed by atoms with Gasteiger partial charge in [0.1, 0.15) is 12.4 Å². The van der Waals surface area contributed by atoms with Crippen LogP contribution in [-0.2, 0) is 13.1 Å². The van der Waals surface area contributed by atoms with Crippen molar-refractivity contribution in [2.45, 2.75) is 32.0 Å². The first kappa shape index (κ1) is 18.4. The predicted molar refractivity (Wildman–Crippen MR) is 105 cm³/mol. The fourth-order valence-electron chi connectivity index (χ4n) is 4.47. The van der Waals surface area contributed by atoms with Gasteiger partial charge in [-0.05, 0) is 37.0 Å². The lowest BCUT2D eigenvalue weighted by Gasteiger charge is -2.36. The van der Waals surface area contributed by atoms with Crippen LogP contribution in [0.5, 0.6) is 5.75 Å². The Morgan fingerprint density at radius 2 is 1.89 bits per heavy atom. The van der Waals surface area contributed by atoms with E-state index in [0.717, 1.165) is 50.1 Å². The molecule has 1 N–H and O–H groups in total. The second-order valence-corrected chi connectivity index (χ2v) is 7.72. The summed E-state index contributed by atoms with van der Waals surface area (Å²) in [6.07, 6.45) is 4.48. The van der Waals surface area contributed by atoms with Crippen molar-refractivity contribution in [1.29, 1.82) is 0 Å². The average molecular weight is 367 g/mol. The Morgan fingerprint density at radius 3 is 2.74 bits per heavy atom. The molecule has 3 fully saturated rings. The fraction of sp³-hybridized carbons (Fsp3) is 0.500. The smallest absolute Gasteiger partial charge is 0.123 e. The van der Waals surface area contributed by atoms with Crippen LogP contribution in [0.15, 0.2) is 48.7 Å². The Morgan fingerprint density at radius 1 is 1.00 bits per heavy atom. The van der Waals surface area contributed by atoms with E-state index >= 15 is 0 Å². The number of piperidine rings is 1. The van der Waals surface area contributed by atoms with Gasteiger partial charge < -0.3 is 9.84 Å². The quantitative estimate of drug-likeness (QED) is 0.815. The minimum atomic E-state index is 0.0469. The maximum absolute atomic E-state index is 9.07. The molecule has 27 heavy (non-hydrogen) atoms. The summed E-state index contributed by atoms with van der Waals surface area (Å²) < 4.78 is 5.74. The predicted octanol–water partition coefficient (Wildman–Crippen LogP) is 2.55. The summed E-state index contributed by atoms with van der Waals surface area (Å²) in [5.41, 5.74) is 2.38. The van der Waals surface area contributed by atoms with Crippen molar-refractivity contribution in [2.24, 2.45) is 5.92 Å². The summed E-state index contributed by atoms with van der Waals surface area (Å²) in [6, 6.07) is 15.0. The zero-order chi connectivity index (χ0) is 18.5. The number of rotatable bonds is 7. The minimum absolute atomic E-state index is 0.0469. The lowest BCUT2D eigenvalue weighted by atomic mass is 9.94. The third kappa shape index (κ3) is 4.67. The first-order chi connectivity index (χ1) is 13.3. The molecule has 0 aliphatic carbocycles. The van der Waals surface area contributed by atoms with Crippen LogP contribution in [0.1, 0.15) is 24.1 Å². The minimum Gasteiger partial charge on any atom is -0.491 e. The molecule has 3 aliphatic heterocycles. The van der Waals surface area contributed by atoms with Crippen molar-refractivity contribution in [3.8, 4) is 5.75 Å². The van der Waals surface area contributed by atoms with Gasteiger partial charge in [0, 0.05) is 50.5 Å². The van der Waals surface area contributed by atoms with Crippen molar-refractivity contribution in [3.63, 3.8) is 0 Å². The molecule has 0 amide bonds. The second kappa shape index (κ2) is 8.83. The van der Waals surface area contributed by atoms with Gasteiger partial charge >= 0.3 is 0 Å². The van der Waals surface area contributed by atoms with Gasteiger partial charge in [-0.2, -0.15) is 0 Å². The van der Waals surface area contributed by atoms with E-state index in [2.05, 4.69) is 39.0 Å². The summed E-state index contributed by atoms with van der Waals surface area (Å²) in [4.78, 5) is 9.72. The van der Waals surface area contributed by atoms with Crippen LogP contribution in [0.2, 0.25) is 0 Å². The van der Waals surface area contributed by atoms with Crippen LogP contribution in [0.3, 0.4) is 0 Å². The SMILES string of the molecule is OCCOc1ccccc1CN1C[C@H]2CC[C@@H]1CN(Cc1ccccn1)C2. The number of aromatic nitrogens is 1. The van der Waals surface area contributed by atoms with Gasteiger partial charge in [0.2, 0.25) is 0 Å². The van der Waals surface area contributed by atoms with Crippen molar-refractivity contribution in [3.05, 3.63) is 59.9 Å². The average Bonchev–Trinajstić information content (AvgIpc) is 2.98. The molecule has 2 bridgehead atoms. The Labute approximate surface area is 161 Å². The van der Waals surface area contributed by atoms with Crippen molar-refractivity contribution < 1.29 is 9.84 Å². The third-order valence-corrected chi connectivity index (χ3v) is 5.71. The van der Waals surface area contributed by atoms with Crippen molar-refractivity contribution >= 4 is 0 Å². The number of nitrogens with zero attached hydrogens (tertiary/aromatic N) is 3. The standard InChI is InChI=1S/C22H29N3O2/c26-11-12-27-22-7-2-1-5-19(22)15-25-14-18-8-9-21(25)17-24(13-18)16-20-6-3-4-10-23-20/h1-7,10,18,21,26H,8-9,11-17H2/t18-,21+/m0/s1. The van der Waals surface area contributed by atoms with Crippen molar-refractivity contribution in [1.82, 2.24) is 14.8 Å². The Bertz CT molecular complexity index is 725. The number of para-hydroxylation sites is 1. The van der Waals surface area contributed by atoms with Crippen LogP contribution in [-0.4, -0.2) is 58.8 Å². The molecule has 3 saturated heterocycles. The molecule has 1 aromatic heterocycles. The van der Waals surface area contributed by atoms with Crippen LogP contribution < -0.4 is 4.74 Å². The van der Waals surface area contributed by atoms with Gasteiger partial charge in [-0.15, -0.1) is 0 Å². The van der Waals surface area contributed by atoms with Gasteiger partial charge in [0.15, 0.2) is 0 Å². The van der Waals surface area contributed by atoms with E-state index in [-0.39, 0.29) is 6.61 Å². The summed E-state index contributed by atoms with van der Waals surface area (Å²) in [5, 5.41) is 9.07.